The molecule has 0 amide bonds. The van der Waals surface area contributed by atoms with Crippen molar-refractivity contribution in [2.45, 2.75) is 23.8 Å². The number of sulfonamides is 1. The maximum atomic E-state index is 13.0. The maximum absolute atomic E-state index is 13.0. The first-order chi connectivity index (χ1) is 9.87. The van der Waals surface area contributed by atoms with Crippen LogP contribution in [0.15, 0.2) is 27.6 Å². The molecule has 1 unspecified atom stereocenters. The predicted molar refractivity (Wildman–Crippen MR) is 89.3 cm³/mol. The van der Waals surface area contributed by atoms with Gasteiger partial charge in [-0.05, 0) is 54.0 Å². The van der Waals surface area contributed by atoms with E-state index in [9.17, 15) is 8.42 Å². The highest BCUT2D eigenvalue weighted by Gasteiger charge is 2.36. The molecule has 1 saturated heterocycles. The zero-order chi connectivity index (χ0) is 15.6. The van der Waals surface area contributed by atoms with Gasteiger partial charge in [-0.1, -0.05) is 0 Å². The number of hydrogen-bond donors (Lipinski definition) is 1. The molecular weight excluding hydrogens is 354 g/mol. The topological polar surface area (TPSA) is 52.7 Å². The molecule has 0 aromatic heterocycles. The minimum Gasteiger partial charge on any atom is -0.378 e. The Morgan fingerprint density at radius 1 is 1.43 bits per heavy atom. The van der Waals surface area contributed by atoms with Gasteiger partial charge in [-0.2, -0.15) is 4.31 Å². The summed E-state index contributed by atoms with van der Waals surface area (Å²) in [6.45, 7) is 1.28. The SMILES string of the molecule is CNCC1CCCN1S(=O)(=O)c1cc(N(C)C)ccc1Br. The van der Waals surface area contributed by atoms with Crippen LogP contribution in [0.25, 0.3) is 0 Å². The Morgan fingerprint density at radius 3 is 2.76 bits per heavy atom. The second-order valence-corrected chi connectivity index (χ2v) is 8.19. The van der Waals surface area contributed by atoms with Crippen molar-refractivity contribution in [3.05, 3.63) is 22.7 Å². The molecule has 0 radical (unpaired) electrons. The summed E-state index contributed by atoms with van der Waals surface area (Å²) in [5.74, 6) is 0. The van der Waals surface area contributed by atoms with Crippen molar-refractivity contribution in [1.82, 2.24) is 9.62 Å². The van der Waals surface area contributed by atoms with Crippen LogP contribution < -0.4 is 10.2 Å². The monoisotopic (exact) mass is 375 g/mol. The fourth-order valence-corrected chi connectivity index (χ4v) is 5.30. The molecule has 1 fully saturated rings. The molecule has 0 spiro atoms. The number of nitrogens with one attached hydrogen (secondary N) is 1. The molecule has 2 rings (SSSR count). The molecule has 1 aromatic carbocycles. The summed E-state index contributed by atoms with van der Waals surface area (Å²) in [5, 5.41) is 3.08. The van der Waals surface area contributed by atoms with E-state index in [0.29, 0.717) is 22.5 Å². The van der Waals surface area contributed by atoms with Crippen LogP contribution in [0.4, 0.5) is 5.69 Å². The van der Waals surface area contributed by atoms with E-state index in [1.807, 2.05) is 32.1 Å². The molecule has 5 nitrogen and oxygen atoms in total. The smallest absolute Gasteiger partial charge is 0.244 e. The van der Waals surface area contributed by atoms with Gasteiger partial charge in [0.25, 0.3) is 0 Å². The predicted octanol–water partition coefficient (Wildman–Crippen LogP) is 1.89. The summed E-state index contributed by atoms with van der Waals surface area (Å²) in [6, 6.07) is 5.47. The summed E-state index contributed by atoms with van der Waals surface area (Å²) in [7, 11) is 2.18. The van der Waals surface area contributed by atoms with Gasteiger partial charge in [-0.3, -0.25) is 0 Å². The minimum absolute atomic E-state index is 0.0370. The molecule has 1 aliphatic rings. The van der Waals surface area contributed by atoms with Crippen molar-refractivity contribution in [2.24, 2.45) is 0 Å². The highest BCUT2D eigenvalue weighted by molar-refractivity contribution is 9.10. The van der Waals surface area contributed by atoms with E-state index in [2.05, 4.69) is 21.2 Å². The van der Waals surface area contributed by atoms with Crippen molar-refractivity contribution >= 4 is 31.6 Å². The van der Waals surface area contributed by atoms with Crippen molar-refractivity contribution in [3.8, 4) is 0 Å². The van der Waals surface area contributed by atoms with E-state index in [1.54, 1.807) is 16.4 Å². The summed E-state index contributed by atoms with van der Waals surface area (Å²) in [5.41, 5.74) is 0.876. The molecule has 118 valence electrons. The fraction of sp³-hybridized carbons (Fsp3) is 0.571. The highest BCUT2D eigenvalue weighted by Crippen LogP contribution is 2.32. The lowest BCUT2D eigenvalue weighted by atomic mass is 10.2. The minimum atomic E-state index is -3.48. The zero-order valence-corrected chi connectivity index (χ0v) is 15.0. The third-order valence-corrected chi connectivity index (χ3v) is 6.73. The van der Waals surface area contributed by atoms with Gasteiger partial charge >= 0.3 is 0 Å². The molecule has 1 aliphatic heterocycles. The molecule has 0 bridgehead atoms. The second kappa shape index (κ2) is 6.64. The van der Waals surface area contributed by atoms with Crippen LogP contribution in [0.1, 0.15) is 12.8 Å². The van der Waals surface area contributed by atoms with Crippen molar-refractivity contribution < 1.29 is 8.42 Å². The van der Waals surface area contributed by atoms with E-state index in [1.165, 1.54) is 0 Å². The van der Waals surface area contributed by atoms with Crippen LogP contribution >= 0.6 is 15.9 Å². The van der Waals surface area contributed by atoms with Crippen LogP contribution in [0, 0.1) is 0 Å². The molecule has 1 aromatic rings. The Bertz CT molecular complexity index is 604. The lowest BCUT2D eigenvalue weighted by Gasteiger charge is -2.25. The van der Waals surface area contributed by atoms with Gasteiger partial charge in [0.1, 0.15) is 0 Å². The number of hydrogen-bond acceptors (Lipinski definition) is 4. The van der Waals surface area contributed by atoms with Gasteiger partial charge in [0, 0.05) is 43.4 Å². The molecule has 7 heteroatoms. The van der Waals surface area contributed by atoms with E-state index >= 15 is 0 Å². The lowest BCUT2D eigenvalue weighted by molar-refractivity contribution is 0.379. The third kappa shape index (κ3) is 3.41. The third-order valence-electron chi connectivity index (χ3n) is 3.78. The quantitative estimate of drug-likeness (QED) is 0.853. The molecule has 1 atom stereocenters. The molecule has 21 heavy (non-hydrogen) atoms. The Kier molecular flexibility index (Phi) is 5.29. The first kappa shape index (κ1) is 16.7. The van der Waals surface area contributed by atoms with E-state index in [-0.39, 0.29) is 6.04 Å². The van der Waals surface area contributed by atoms with Crippen LogP contribution in [-0.4, -0.2) is 53.0 Å². The summed E-state index contributed by atoms with van der Waals surface area (Å²) in [6.07, 6.45) is 1.82. The first-order valence-electron chi connectivity index (χ1n) is 7.01. The fourth-order valence-electron chi connectivity index (χ4n) is 2.66. The number of benzene rings is 1. The summed E-state index contributed by atoms with van der Waals surface area (Å²) in [4.78, 5) is 2.25. The number of rotatable bonds is 5. The lowest BCUT2D eigenvalue weighted by Crippen LogP contribution is -2.40. The highest BCUT2D eigenvalue weighted by atomic mass is 79.9. The number of anilines is 1. The van der Waals surface area contributed by atoms with Crippen molar-refractivity contribution in [3.63, 3.8) is 0 Å². The van der Waals surface area contributed by atoms with Gasteiger partial charge in [-0.25, -0.2) is 8.42 Å². The Hall–Kier alpha value is -0.630. The van der Waals surface area contributed by atoms with E-state index < -0.39 is 10.0 Å². The summed E-state index contributed by atoms with van der Waals surface area (Å²) < 4.78 is 28.2. The maximum Gasteiger partial charge on any atom is 0.244 e. The van der Waals surface area contributed by atoms with Gasteiger partial charge in [0.2, 0.25) is 10.0 Å². The Balaban J connectivity index is 2.41. The van der Waals surface area contributed by atoms with Crippen LogP contribution in [0.5, 0.6) is 0 Å². The average Bonchev–Trinajstić information content (AvgIpc) is 2.88. The molecular formula is C14H22BrN3O2S. The van der Waals surface area contributed by atoms with Crippen LogP contribution in [0.3, 0.4) is 0 Å². The van der Waals surface area contributed by atoms with Gasteiger partial charge in [0.15, 0.2) is 0 Å². The number of nitrogens with zero attached hydrogens (tertiary/aromatic N) is 2. The Labute approximate surface area is 135 Å². The van der Waals surface area contributed by atoms with Crippen molar-refractivity contribution in [2.75, 3.05) is 39.1 Å². The van der Waals surface area contributed by atoms with Gasteiger partial charge in [-0.15, -0.1) is 0 Å². The first-order valence-corrected chi connectivity index (χ1v) is 9.24. The van der Waals surface area contributed by atoms with E-state index in [4.69, 9.17) is 0 Å². The number of halogens is 1. The normalized spacial score (nSPS) is 19.9. The average molecular weight is 376 g/mol. The van der Waals surface area contributed by atoms with Gasteiger partial charge in [0.05, 0.1) is 4.90 Å². The molecule has 0 aliphatic carbocycles. The van der Waals surface area contributed by atoms with Crippen molar-refractivity contribution in [1.29, 1.82) is 0 Å². The van der Waals surface area contributed by atoms with Gasteiger partial charge < -0.3 is 10.2 Å². The van der Waals surface area contributed by atoms with E-state index in [0.717, 1.165) is 18.5 Å². The molecule has 0 saturated carbocycles. The second-order valence-electron chi connectivity index (χ2n) is 5.48. The molecule has 1 heterocycles. The van der Waals surface area contributed by atoms with Crippen LogP contribution in [0.2, 0.25) is 0 Å². The number of likely N-dealkylation sites (N-methyl/N-ethyl adjacent to an activating group) is 1. The standard InChI is InChI=1S/C14H22BrN3O2S/c1-16-10-12-5-4-8-18(12)21(19,20)14-9-11(17(2)3)6-7-13(14)15/h6-7,9,12,16H,4-5,8,10H2,1-3H3. The van der Waals surface area contributed by atoms with Crippen LogP contribution in [-0.2, 0) is 10.0 Å². The largest absolute Gasteiger partial charge is 0.378 e. The zero-order valence-electron chi connectivity index (χ0n) is 12.6. The molecule has 1 N–H and O–H groups in total. The summed E-state index contributed by atoms with van der Waals surface area (Å²) >= 11 is 3.38. The Morgan fingerprint density at radius 2 is 2.14 bits per heavy atom.